The van der Waals surface area contributed by atoms with Crippen LogP contribution in [-0.2, 0) is 0 Å². The number of allylic oxidation sites excluding steroid dienone is 2. The van der Waals surface area contributed by atoms with Gasteiger partial charge < -0.3 is 0 Å². The van der Waals surface area contributed by atoms with Gasteiger partial charge in [-0.1, -0.05) is 12.0 Å². The predicted molar refractivity (Wildman–Crippen MR) is 60.5 cm³/mol. The summed E-state index contributed by atoms with van der Waals surface area (Å²) in [5.41, 5.74) is 1.90. The van der Waals surface area contributed by atoms with E-state index in [9.17, 15) is 0 Å². The first-order valence-electron chi connectivity index (χ1n) is 5.04. The van der Waals surface area contributed by atoms with Crippen LogP contribution in [-0.4, -0.2) is 9.97 Å². The van der Waals surface area contributed by atoms with Gasteiger partial charge in [-0.15, -0.1) is 0 Å². The Balaban J connectivity index is 2.14. The van der Waals surface area contributed by atoms with E-state index >= 15 is 0 Å². The summed E-state index contributed by atoms with van der Waals surface area (Å²) in [6, 6.07) is 1.77. The lowest BCUT2D eigenvalue weighted by Crippen LogP contribution is -1.90. The summed E-state index contributed by atoms with van der Waals surface area (Å²) in [6.45, 7) is 0. The Bertz CT molecular complexity index is 440. The standard InChI is InChI=1S/C12H11ClN2/c13-12-14-9-8-11(15-12)7-6-10-4-2-1-3-5-10/h4,8-9H,1-3,5H2. The first kappa shape index (κ1) is 10.2. The molecule has 1 aromatic rings. The molecule has 76 valence electrons. The summed E-state index contributed by atoms with van der Waals surface area (Å²) < 4.78 is 0. The van der Waals surface area contributed by atoms with Crippen molar-refractivity contribution in [3.63, 3.8) is 0 Å². The van der Waals surface area contributed by atoms with Crippen LogP contribution in [0.2, 0.25) is 5.28 Å². The number of nitrogens with zero attached hydrogens (tertiary/aromatic N) is 2. The smallest absolute Gasteiger partial charge is 0.223 e. The molecule has 0 unspecified atom stereocenters. The van der Waals surface area contributed by atoms with Gasteiger partial charge >= 0.3 is 0 Å². The Hall–Kier alpha value is -1.33. The van der Waals surface area contributed by atoms with Gasteiger partial charge in [-0.3, -0.25) is 0 Å². The maximum absolute atomic E-state index is 5.66. The van der Waals surface area contributed by atoms with E-state index in [0.717, 1.165) is 12.8 Å². The van der Waals surface area contributed by atoms with Crippen LogP contribution in [0.5, 0.6) is 0 Å². The molecule has 2 nitrogen and oxygen atoms in total. The van der Waals surface area contributed by atoms with Crippen molar-refractivity contribution in [2.45, 2.75) is 25.7 Å². The zero-order valence-corrected chi connectivity index (χ0v) is 9.09. The monoisotopic (exact) mass is 218 g/mol. The number of rotatable bonds is 0. The summed E-state index contributed by atoms with van der Waals surface area (Å²) >= 11 is 5.66. The van der Waals surface area contributed by atoms with Gasteiger partial charge in [0.15, 0.2) is 0 Å². The van der Waals surface area contributed by atoms with E-state index in [0.29, 0.717) is 5.69 Å². The molecule has 1 aliphatic rings. The fourth-order valence-electron chi connectivity index (χ4n) is 1.50. The number of aromatic nitrogens is 2. The molecule has 0 bridgehead atoms. The average Bonchev–Trinajstić information content (AvgIpc) is 2.28. The fourth-order valence-corrected chi connectivity index (χ4v) is 1.65. The van der Waals surface area contributed by atoms with Gasteiger partial charge in [0.1, 0.15) is 5.69 Å². The summed E-state index contributed by atoms with van der Waals surface area (Å²) in [5.74, 6) is 6.13. The lowest BCUT2D eigenvalue weighted by molar-refractivity contribution is 0.715. The topological polar surface area (TPSA) is 25.8 Å². The van der Waals surface area contributed by atoms with Crippen molar-refractivity contribution in [2.24, 2.45) is 0 Å². The van der Waals surface area contributed by atoms with E-state index in [4.69, 9.17) is 11.6 Å². The third-order valence-corrected chi connectivity index (χ3v) is 2.45. The highest BCUT2D eigenvalue weighted by Gasteiger charge is 1.99. The first-order valence-corrected chi connectivity index (χ1v) is 5.42. The van der Waals surface area contributed by atoms with Crippen molar-refractivity contribution in [1.82, 2.24) is 9.97 Å². The molecule has 0 aromatic carbocycles. The molecule has 2 rings (SSSR count). The molecule has 1 aromatic heterocycles. The lowest BCUT2D eigenvalue weighted by atomic mass is 10.00. The minimum Gasteiger partial charge on any atom is -0.226 e. The maximum Gasteiger partial charge on any atom is 0.223 e. The third kappa shape index (κ3) is 3.07. The third-order valence-electron chi connectivity index (χ3n) is 2.27. The normalized spacial score (nSPS) is 15.1. The van der Waals surface area contributed by atoms with Crippen molar-refractivity contribution in [2.75, 3.05) is 0 Å². The van der Waals surface area contributed by atoms with Crippen LogP contribution in [0.4, 0.5) is 0 Å². The average molecular weight is 219 g/mol. The molecule has 0 fully saturated rings. The van der Waals surface area contributed by atoms with Gasteiger partial charge in [0.25, 0.3) is 0 Å². The molecule has 0 N–H and O–H groups in total. The van der Waals surface area contributed by atoms with Crippen LogP contribution in [0.15, 0.2) is 23.9 Å². The Morgan fingerprint density at radius 1 is 1.27 bits per heavy atom. The van der Waals surface area contributed by atoms with Crippen LogP contribution in [0.25, 0.3) is 0 Å². The number of halogens is 1. The first-order chi connectivity index (χ1) is 7.34. The summed E-state index contributed by atoms with van der Waals surface area (Å²) in [5, 5.41) is 0.249. The molecule has 3 heteroatoms. The van der Waals surface area contributed by atoms with Crippen LogP contribution in [0.1, 0.15) is 31.4 Å². The van der Waals surface area contributed by atoms with Gasteiger partial charge in [0.05, 0.1) is 0 Å². The van der Waals surface area contributed by atoms with Crippen LogP contribution >= 0.6 is 11.6 Å². The Morgan fingerprint density at radius 2 is 2.20 bits per heavy atom. The molecule has 0 amide bonds. The van der Waals surface area contributed by atoms with Crippen LogP contribution in [0.3, 0.4) is 0 Å². The van der Waals surface area contributed by atoms with Crippen molar-refractivity contribution >= 4 is 11.6 Å². The lowest BCUT2D eigenvalue weighted by Gasteiger charge is -2.05. The van der Waals surface area contributed by atoms with Gasteiger partial charge in [-0.05, 0) is 54.8 Å². The van der Waals surface area contributed by atoms with Crippen molar-refractivity contribution in [3.05, 3.63) is 34.9 Å². The zero-order chi connectivity index (χ0) is 10.5. The van der Waals surface area contributed by atoms with Gasteiger partial charge in [0, 0.05) is 6.20 Å². The second-order valence-corrected chi connectivity index (χ2v) is 3.77. The van der Waals surface area contributed by atoms with E-state index in [1.54, 1.807) is 12.3 Å². The van der Waals surface area contributed by atoms with Crippen molar-refractivity contribution in [3.8, 4) is 11.8 Å². The van der Waals surface area contributed by atoms with E-state index in [2.05, 4.69) is 27.9 Å². The highest BCUT2D eigenvalue weighted by Crippen LogP contribution is 2.16. The molecule has 0 spiro atoms. The quantitative estimate of drug-likeness (QED) is 0.494. The highest BCUT2D eigenvalue weighted by atomic mass is 35.5. The SMILES string of the molecule is Clc1nccc(C#CC2=CCCCC2)n1. The maximum atomic E-state index is 5.66. The molecule has 0 radical (unpaired) electrons. The van der Waals surface area contributed by atoms with Crippen LogP contribution < -0.4 is 0 Å². The Morgan fingerprint density at radius 3 is 2.93 bits per heavy atom. The number of hydrogen-bond acceptors (Lipinski definition) is 2. The summed E-state index contributed by atoms with van der Waals surface area (Å²) in [6.07, 6.45) is 8.59. The van der Waals surface area contributed by atoms with Crippen LogP contribution in [0, 0.1) is 11.8 Å². The van der Waals surface area contributed by atoms with Crippen molar-refractivity contribution < 1.29 is 0 Å². The highest BCUT2D eigenvalue weighted by molar-refractivity contribution is 6.28. The van der Waals surface area contributed by atoms with Gasteiger partial charge in [0.2, 0.25) is 5.28 Å². The molecule has 15 heavy (non-hydrogen) atoms. The Labute approximate surface area is 94.4 Å². The fraction of sp³-hybridized carbons (Fsp3) is 0.333. The summed E-state index contributed by atoms with van der Waals surface area (Å²) in [4.78, 5) is 7.82. The molecule has 0 aliphatic heterocycles. The van der Waals surface area contributed by atoms with Crippen molar-refractivity contribution in [1.29, 1.82) is 0 Å². The van der Waals surface area contributed by atoms with Gasteiger partial charge in [-0.25, -0.2) is 9.97 Å². The second-order valence-electron chi connectivity index (χ2n) is 3.44. The predicted octanol–water partition coefficient (Wildman–Crippen LogP) is 2.98. The van der Waals surface area contributed by atoms with E-state index < -0.39 is 0 Å². The van der Waals surface area contributed by atoms with E-state index in [1.165, 1.54) is 18.4 Å². The van der Waals surface area contributed by atoms with E-state index in [1.807, 2.05) is 0 Å². The molecule has 1 aliphatic carbocycles. The molecule has 0 saturated heterocycles. The zero-order valence-electron chi connectivity index (χ0n) is 8.33. The number of hydrogen-bond donors (Lipinski definition) is 0. The molecule has 0 atom stereocenters. The Kier molecular flexibility index (Phi) is 3.37. The minimum absolute atomic E-state index is 0.249. The largest absolute Gasteiger partial charge is 0.226 e. The molecule has 1 heterocycles. The van der Waals surface area contributed by atoms with E-state index in [-0.39, 0.29) is 5.28 Å². The molecular weight excluding hydrogens is 208 g/mol. The minimum atomic E-state index is 0.249. The molecular formula is C12H11ClN2. The molecule has 0 saturated carbocycles. The summed E-state index contributed by atoms with van der Waals surface area (Å²) in [7, 11) is 0. The van der Waals surface area contributed by atoms with Gasteiger partial charge in [-0.2, -0.15) is 0 Å². The second kappa shape index (κ2) is 4.95.